The first kappa shape index (κ1) is 63.3. The first-order valence-corrected chi connectivity index (χ1v) is 28.9. The summed E-state index contributed by atoms with van der Waals surface area (Å²) in [5, 5.41) is 9.30. The average molecular weight is 1130 g/mol. The molecule has 84 heavy (non-hydrogen) atoms. The molecule has 0 aliphatic rings. The summed E-state index contributed by atoms with van der Waals surface area (Å²) in [7, 11) is 0. The second-order valence-electron chi connectivity index (χ2n) is 27.8. The molecule has 0 spiro atoms. The summed E-state index contributed by atoms with van der Waals surface area (Å²) in [6.45, 7) is 47.7. The standard InChI is InChI=1S/C13H16N2.C12H15N3.2C12H16N2.2C10H13N3/c1-9-11-7-10(13(2,3)4)5-6-12(11)15-8-14-9;1-8-11-9(14-7-13-8)5-6-10(15-11)12(2,3)4;2*1-9-7-13-11-6-5-10(8-14(9)11)12(2,3)4;1-10(2,3)8-4-5-13-9(6-8)11-7-12-13;1-10(2,3)8-4-5-9-11-7-12-13(9)6-8/h5-8H,1-4H3;5-7H,1-4H3;2*5-8H,1-4H3;2*4-7H,1-3H3. The molecule has 12 rings (SSSR count). The highest BCUT2D eigenvalue weighted by atomic mass is 15.3. The number of aryl methyl sites for hydroxylation is 4. The molecule has 0 atom stereocenters. The molecule has 0 aliphatic carbocycles. The minimum atomic E-state index is 0.0659. The Balaban J connectivity index is 0.000000145. The van der Waals surface area contributed by atoms with Crippen LogP contribution in [0.4, 0.5) is 0 Å². The monoisotopic (exact) mass is 1130 g/mol. The third kappa shape index (κ3) is 16.1. The zero-order valence-corrected chi connectivity index (χ0v) is 54.0. The van der Waals surface area contributed by atoms with Gasteiger partial charge in [-0.3, -0.25) is 0 Å². The van der Waals surface area contributed by atoms with Gasteiger partial charge in [-0.1, -0.05) is 149 Å². The van der Waals surface area contributed by atoms with Crippen molar-refractivity contribution in [2.24, 2.45) is 0 Å². The Labute approximate surface area is 497 Å². The number of pyridine rings is 5. The van der Waals surface area contributed by atoms with Gasteiger partial charge in [0.05, 0.1) is 16.7 Å². The van der Waals surface area contributed by atoms with Gasteiger partial charge in [0, 0.05) is 70.8 Å². The Morgan fingerprint density at radius 1 is 0.333 bits per heavy atom. The lowest BCUT2D eigenvalue weighted by molar-refractivity contribution is 0.571. The van der Waals surface area contributed by atoms with Gasteiger partial charge in [0.1, 0.15) is 42.1 Å². The smallest absolute Gasteiger partial charge is 0.155 e. The molecular weight excluding hydrogens is 1040 g/mol. The topological polar surface area (TPSA) is 159 Å². The van der Waals surface area contributed by atoms with E-state index >= 15 is 0 Å². The Morgan fingerprint density at radius 2 is 0.774 bits per heavy atom. The molecule has 0 fully saturated rings. The molecule has 0 saturated heterocycles. The summed E-state index contributed by atoms with van der Waals surface area (Å²) in [5.41, 5.74) is 19.7. The number of hydrogen-bond donors (Lipinski definition) is 0. The second kappa shape index (κ2) is 24.9. The zero-order valence-electron chi connectivity index (χ0n) is 54.0. The van der Waals surface area contributed by atoms with Gasteiger partial charge in [-0.25, -0.2) is 53.9 Å². The van der Waals surface area contributed by atoms with Crippen molar-refractivity contribution in [2.75, 3.05) is 0 Å². The van der Waals surface area contributed by atoms with Crippen LogP contribution in [0.15, 0.2) is 141 Å². The minimum absolute atomic E-state index is 0.0659. The first-order valence-electron chi connectivity index (χ1n) is 28.9. The lowest BCUT2D eigenvalue weighted by Gasteiger charge is -2.19. The molecule has 11 heterocycles. The van der Waals surface area contributed by atoms with Crippen molar-refractivity contribution in [1.29, 1.82) is 0 Å². The summed E-state index contributed by atoms with van der Waals surface area (Å²) in [6, 6.07) is 27.2. The summed E-state index contributed by atoms with van der Waals surface area (Å²) in [6.07, 6.45) is 18.5. The minimum Gasteiger partial charge on any atom is -0.304 e. The molecule has 440 valence electrons. The molecular formula is C69H89N15. The number of benzene rings is 1. The Hall–Kier alpha value is -8.33. The van der Waals surface area contributed by atoms with Crippen LogP contribution >= 0.6 is 0 Å². The number of nitrogens with zero attached hydrogens (tertiary/aromatic N) is 15. The molecule has 1 aromatic carbocycles. The Kier molecular flexibility index (Phi) is 18.7. The van der Waals surface area contributed by atoms with E-state index in [-0.39, 0.29) is 32.5 Å². The van der Waals surface area contributed by atoms with E-state index in [4.69, 9.17) is 0 Å². The van der Waals surface area contributed by atoms with Gasteiger partial charge in [-0.2, -0.15) is 10.2 Å². The molecule has 11 aromatic heterocycles. The van der Waals surface area contributed by atoms with Gasteiger partial charge in [0.15, 0.2) is 11.3 Å². The first-order chi connectivity index (χ1) is 39.1. The van der Waals surface area contributed by atoms with E-state index in [1.807, 2.05) is 56.8 Å². The molecule has 0 N–H and O–H groups in total. The average Bonchev–Trinajstić information content (AvgIpc) is 4.40. The predicted molar refractivity (Wildman–Crippen MR) is 344 cm³/mol. The van der Waals surface area contributed by atoms with Gasteiger partial charge < -0.3 is 8.80 Å². The number of fused-ring (bicyclic) bond motifs is 6. The van der Waals surface area contributed by atoms with E-state index in [0.717, 1.165) is 61.6 Å². The summed E-state index contributed by atoms with van der Waals surface area (Å²) < 4.78 is 7.86. The van der Waals surface area contributed by atoms with Crippen molar-refractivity contribution in [3.05, 3.63) is 198 Å². The van der Waals surface area contributed by atoms with E-state index in [1.54, 1.807) is 34.3 Å². The van der Waals surface area contributed by atoms with Gasteiger partial charge >= 0.3 is 0 Å². The van der Waals surface area contributed by atoms with Crippen molar-refractivity contribution in [1.82, 2.24) is 72.9 Å². The fourth-order valence-corrected chi connectivity index (χ4v) is 8.77. The highest BCUT2D eigenvalue weighted by molar-refractivity contribution is 5.81. The molecule has 15 heteroatoms. The van der Waals surface area contributed by atoms with Crippen molar-refractivity contribution >= 4 is 44.5 Å². The normalized spacial score (nSPS) is 12.2. The van der Waals surface area contributed by atoms with Crippen molar-refractivity contribution < 1.29 is 0 Å². The molecule has 0 amide bonds. The summed E-state index contributed by atoms with van der Waals surface area (Å²) >= 11 is 0. The van der Waals surface area contributed by atoms with E-state index in [1.165, 1.54) is 39.2 Å². The van der Waals surface area contributed by atoms with Crippen LogP contribution in [0.5, 0.6) is 0 Å². The number of rotatable bonds is 0. The summed E-state index contributed by atoms with van der Waals surface area (Å²) in [4.78, 5) is 38.3. The van der Waals surface area contributed by atoms with Crippen LogP contribution in [-0.2, 0) is 32.5 Å². The Bertz CT molecular complexity index is 3880. The number of imidazole rings is 2. The van der Waals surface area contributed by atoms with E-state index in [9.17, 15) is 0 Å². The van der Waals surface area contributed by atoms with Crippen LogP contribution in [0, 0.1) is 27.7 Å². The maximum absolute atomic E-state index is 4.62. The Morgan fingerprint density at radius 3 is 1.30 bits per heavy atom. The second-order valence-corrected chi connectivity index (χ2v) is 27.8. The van der Waals surface area contributed by atoms with Crippen LogP contribution in [0.3, 0.4) is 0 Å². The van der Waals surface area contributed by atoms with Crippen LogP contribution in [-0.4, -0.2) is 72.9 Å². The zero-order chi connectivity index (χ0) is 61.7. The van der Waals surface area contributed by atoms with Crippen LogP contribution in [0.2, 0.25) is 0 Å². The fourth-order valence-electron chi connectivity index (χ4n) is 8.77. The van der Waals surface area contributed by atoms with E-state index < -0.39 is 0 Å². The van der Waals surface area contributed by atoms with Gasteiger partial charge in [-0.05, 0) is 137 Å². The maximum Gasteiger partial charge on any atom is 0.155 e. The quantitative estimate of drug-likeness (QED) is 0.142. The molecule has 0 radical (unpaired) electrons. The highest BCUT2D eigenvalue weighted by Crippen LogP contribution is 2.28. The number of aromatic nitrogens is 15. The van der Waals surface area contributed by atoms with Crippen LogP contribution in [0.25, 0.3) is 44.5 Å². The van der Waals surface area contributed by atoms with Crippen LogP contribution < -0.4 is 0 Å². The highest BCUT2D eigenvalue weighted by Gasteiger charge is 2.20. The molecule has 0 aliphatic heterocycles. The lowest BCUT2D eigenvalue weighted by Crippen LogP contribution is -2.13. The maximum atomic E-state index is 4.62. The van der Waals surface area contributed by atoms with Gasteiger partial charge in [-0.15, -0.1) is 0 Å². The molecule has 0 bridgehead atoms. The summed E-state index contributed by atoms with van der Waals surface area (Å²) in [5.74, 6) is 0. The molecule has 15 nitrogen and oxygen atoms in total. The van der Waals surface area contributed by atoms with E-state index in [0.29, 0.717) is 0 Å². The third-order valence-electron chi connectivity index (χ3n) is 14.5. The van der Waals surface area contributed by atoms with E-state index in [2.05, 4.69) is 275 Å². The SMILES string of the molecule is CC(C)(C)c1ccc2ncnn2c1.CC(C)(C)c1ccn2ncnc2c1.Cc1cnc2ccc(C(C)(C)C)cn12.Cc1cnc2ccc(C(C)(C)C)cn12.Cc1ncnc2ccc(C(C)(C)C)cc12.Cc1ncnc2ccc(C(C)(C)C)nc12. The largest absolute Gasteiger partial charge is 0.304 e. The van der Waals surface area contributed by atoms with Crippen molar-refractivity contribution in [3.8, 4) is 0 Å². The number of hydrogen-bond acceptors (Lipinski definition) is 11. The van der Waals surface area contributed by atoms with Crippen molar-refractivity contribution in [2.45, 2.75) is 185 Å². The van der Waals surface area contributed by atoms with Gasteiger partial charge in [0.2, 0.25) is 0 Å². The van der Waals surface area contributed by atoms with Crippen molar-refractivity contribution in [3.63, 3.8) is 0 Å². The molecule has 0 saturated carbocycles. The van der Waals surface area contributed by atoms with Gasteiger partial charge in [0.25, 0.3) is 0 Å². The lowest BCUT2D eigenvalue weighted by atomic mass is 9.86. The molecule has 12 aromatic rings. The third-order valence-corrected chi connectivity index (χ3v) is 14.5. The predicted octanol–water partition coefficient (Wildman–Crippen LogP) is 15.8. The van der Waals surface area contributed by atoms with Crippen LogP contribution in [0.1, 0.15) is 181 Å². The fraction of sp³-hybridized carbons (Fsp3) is 0.406. The molecule has 0 unspecified atom stereocenters.